The van der Waals surface area contributed by atoms with Crippen molar-refractivity contribution in [3.05, 3.63) is 0 Å². The molecule has 4 atom stereocenters. The molecule has 2 fully saturated rings. The molecule has 0 bridgehead atoms. The topological polar surface area (TPSA) is 58.6 Å². The summed E-state index contributed by atoms with van der Waals surface area (Å²) in [6.45, 7) is 5.31. The number of hydrogen-bond acceptors (Lipinski definition) is 3. The second-order valence-corrected chi connectivity index (χ2v) is 7.31. The molecule has 122 valence electrons. The van der Waals surface area contributed by atoms with E-state index in [4.69, 9.17) is 4.74 Å². The number of rotatable bonds is 6. The molecule has 4 nitrogen and oxygen atoms in total. The van der Waals surface area contributed by atoms with Crippen molar-refractivity contribution in [1.29, 1.82) is 0 Å². The van der Waals surface area contributed by atoms with Gasteiger partial charge in [0.1, 0.15) is 5.54 Å². The fourth-order valence-electron chi connectivity index (χ4n) is 4.57. The van der Waals surface area contributed by atoms with Crippen LogP contribution in [0.1, 0.15) is 58.8 Å². The van der Waals surface area contributed by atoms with E-state index in [9.17, 15) is 9.90 Å². The summed E-state index contributed by atoms with van der Waals surface area (Å²) < 4.78 is 6.08. The third kappa shape index (κ3) is 3.78. The lowest BCUT2D eigenvalue weighted by atomic mass is 9.81. The van der Waals surface area contributed by atoms with Gasteiger partial charge in [0.25, 0.3) is 0 Å². The molecule has 4 heteroatoms. The second kappa shape index (κ2) is 7.10. The number of carbonyl (C=O) groups is 1. The van der Waals surface area contributed by atoms with Crippen molar-refractivity contribution in [2.45, 2.75) is 70.4 Å². The SMILES string of the molecule is CNC1(C(=O)O)CCCC1CCOC1CC(C)CC(C)C1. The van der Waals surface area contributed by atoms with Crippen molar-refractivity contribution in [3.8, 4) is 0 Å². The van der Waals surface area contributed by atoms with Gasteiger partial charge in [-0.15, -0.1) is 0 Å². The number of aliphatic carboxylic acids is 1. The van der Waals surface area contributed by atoms with Gasteiger partial charge < -0.3 is 15.2 Å². The largest absolute Gasteiger partial charge is 0.480 e. The van der Waals surface area contributed by atoms with Gasteiger partial charge in [-0.25, -0.2) is 0 Å². The average Bonchev–Trinajstić information content (AvgIpc) is 2.82. The van der Waals surface area contributed by atoms with Crippen molar-refractivity contribution in [2.24, 2.45) is 17.8 Å². The second-order valence-electron chi connectivity index (χ2n) is 7.31. The third-order valence-corrected chi connectivity index (χ3v) is 5.60. The fourth-order valence-corrected chi connectivity index (χ4v) is 4.57. The smallest absolute Gasteiger partial charge is 0.324 e. The minimum atomic E-state index is -0.726. The Labute approximate surface area is 128 Å². The molecule has 0 aliphatic heterocycles. The Hall–Kier alpha value is -0.610. The van der Waals surface area contributed by atoms with Crippen molar-refractivity contribution < 1.29 is 14.6 Å². The molecule has 0 saturated heterocycles. The maximum Gasteiger partial charge on any atom is 0.324 e. The van der Waals surface area contributed by atoms with E-state index < -0.39 is 11.5 Å². The third-order valence-electron chi connectivity index (χ3n) is 5.60. The number of carboxylic acid groups (broad SMARTS) is 1. The highest BCUT2D eigenvalue weighted by Gasteiger charge is 2.47. The fraction of sp³-hybridized carbons (Fsp3) is 0.941. The molecule has 2 rings (SSSR count). The molecule has 2 saturated carbocycles. The molecule has 2 aliphatic carbocycles. The van der Waals surface area contributed by atoms with Gasteiger partial charge in [0.15, 0.2) is 0 Å². The molecule has 0 aromatic rings. The first-order valence-electron chi connectivity index (χ1n) is 8.52. The summed E-state index contributed by atoms with van der Waals surface area (Å²) in [6, 6.07) is 0. The highest BCUT2D eigenvalue weighted by molar-refractivity contribution is 5.79. The summed E-state index contributed by atoms with van der Waals surface area (Å²) >= 11 is 0. The first-order chi connectivity index (χ1) is 9.98. The van der Waals surface area contributed by atoms with E-state index >= 15 is 0 Å². The minimum absolute atomic E-state index is 0.193. The summed E-state index contributed by atoms with van der Waals surface area (Å²) in [5.74, 6) is 0.993. The van der Waals surface area contributed by atoms with E-state index in [1.54, 1.807) is 7.05 Å². The summed E-state index contributed by atoms with van der Waals surface area (Å²) in [5.41, 5.74) is -0.726. The van der Waals surface area contributed by atoms with Crippen LogP contribution in [0.5, 0.6) is 0 Å². The van der Waals surface area contributed by atoms with Crippen LogP contribution in [0, 0.1) is 17.8 Å². The van der Waals surface area contributed by atoms with Crippen LogP contribution < -0.4 is 5.32 Å². The summed E-state index contributed by atoms with van der Waals surface area (Å²) in [4.78, 5) is 11.6. The van der Waals surface area contributed by atoms with Crippen LogP contribution in [-0.4, -0.2) is 36.4 Å². The Bertz CT molecular complexity index is 350. The normalized spacial score (nSPS) is 40.3. The summed E-state index contributed by atoms with van der Waals surface area (Å²) in [6.07, 6.45) is 7.58. The summed E-state index contributed by atoms with van der Waals surface area (Å²) in [5, 5.41) is 12.6. The Morgan fingerprint density at radius 2 is 1.95 bits per heavy atom. The van der Waals surface area contributed by atoms with Gasteiger partial charge in [0.05, 0.1) is 6.10 Å². The zero-order valence-electron chi connectivity index (χ0n) is 13.7. The first kappa shape index (κ1) is 16.8. The van der Waals surface area contributed by atoms with Crippen molar-refractivity contribution in [1.82, 2.24) is 5.32 Å². The van der Waals surface area contributed by atoms with Crippen LogP contribution >= 0.6 is 0 Å². The number of nitrogens with one attached hydrogen (secondary N) is 1. The van der Waals surface area contributed by atoms with Gasteiger partial charge in [0, 0.05) is 6.61 Å². The molecule has 4 unspecified atom stereocenters. The molecule has 0 aromatic heterocycles. The monoisotopic (exact) mass is 297 g/mol. The maximum atomic E-state index is 11.6. The number of ether oxygens (including phenoxy) is 1. The van der Waals surface area contributed by atoms with Crippen LogP contribution in [0.3, 0.4) is 0 Å². The van der Waals surface area contributed by atoms with Crippen molar-refractivity contribution in [2.75, 3.05) is 13.7 Å². The highest BCUT2D eigenvalue weighted by atomic mass is 16.5. The highest BCUT2D eigenvalue weighted by Crippen LogP contribution is 2.38. The van der Waals surface area contributed by atoms with Gasteiger partial charge in [-0.05, 0) is 63.3 Å². The zero-order chi connectivity index (χ0) is 15.5. The van der Waals surface area contributed by atoms with Gasteiger partial charge in [-0.3, -0.25) is 4.79 Å². The van der Waals surface area contributed by atoms with Crippen LogP contribution in [-0.2, 0) is 9.53 Å². The molecule has 2 aliphatic rings. The Balaban J connectivity index is 1.81. The van der Waals surface area contributed by atoms with E-state index in [1.807, 2.05) is 0 Å². The lowest BCUT2D eigenvalue weighted by Gasteiger charge is -2.33. The predicted octanol–water partition coefficient (Wildman–Crippen LogP) is 3.06. The summed E-state index contributed by atoms with van der Waals surface area (Å²) in [7, 11) is 1.78. The molecular formula is C17H31NO3. The molecule has 2 N–H and O–H groups in total. The van der Waals surface area contributed by atoms with E-state index in [1.165, 1.54) is 6.42 Å². The van der Waals surface area contributed by atoms with E-state index in [-0.39, 0.29) is 5.92 Å². The van der Waals surface area contributed by atoms with Gasteiger partial charge in [-0.1, -0.05) is 20.3 Å². The zero-order valence-corrected chi connectivity index (χ0v) is 13.7. The minimum Gasteiger partial charge on any atom is -0.480 e. The molecule has 21 heavy (non-hydrogen) atoms. The predicted molar refractivity (Wildman–Crippen MR) is 83.3 cm³/mol. The molecule has 0 aromatic carbocycles. The van der Waals surface area contributed by atoms with Gasteiger partial charge in [-0.2, -0.15) is 0 Å². The van der Waals surface area contributed by atoms with Gasteiger partial charge >= 0.3 is 5.97 Å². The van der Waals surface area contributed by atoms with Crippen LogP contribution in [0.2, 0.25) is 0 Å². The Morgan fingerprint density at radius 1 is 1.29 bits per heavy atom. The molecule has 0 amide bonds. The standard InChI is InChI=1S/C17H31NO3/c1-12-9-13(2)11-15(10-12)21-8-6-14-5-4-7-17(14,18-3)16(19)20/h12-15,18H,4-11H2,1-3H3,(H,19,20). The number of hydrogen-bond donors (Lipinski definition) is 2. The molecule has 0 heterocycles. The van der Waals surface area contributed by atoms with Crippen molar-refractivity contribution >= 4 is 5.97 Å². The Morgan fingerprint density at radius 3 is 2.52 bits per heavy atom. The number of carboxylic acids is 1. The molecule has 0 radical (unpaired) electrons. The van der Waals surface area contributed by atoms with E-state index in [2.05, 4.69) is 19.2 Å². The van der Waals surface area contributed by atoms with Crippen LogP contribution in [0.4, 0.5) is 0 Å². The van der Waals surface area contributed by atoms with E-state index in [0.717, 1.165) is 50.4 Å². The number of likely N-dealkylation sites (N-methyl/N-ethyl adjacent to an activating group) is 1. The van der Waals surface area contributed by atoms with Gasteiger partial charge in [0.2, 0.25) is 0 Å². The van der Waals surface area contributed by atoms with Crippen LogP contribution in [0.15, 0.2) is 0 Å². The lowest BCUT2D eigenvalue weighted by molar-refractivity contribution is -0.146. The quantitative estimate of drug-likeness (QED) is 0.791. The average molecular weight is 297 g/mol. The van der Waals surface area contributed by atoms with Crippen LogP contribution in [0.25, 0.3) is 0 Å². The first-order valence-corrected chi connectivity index (χ1v) is 8.52. The van der Waals surface area contributed by atoms with Crippen molar-refractivity contribution in [3.63, 3.8) is 0 Å². The molecular weight excluding hydrogens is 266 g/mol. The maximum absolute atomic E-state index is 11.6. The van der Waals surface area contributed by atoms with E-state index in [0.29, 0.717) is 12.7 Å². The molecule has 0 spiro atoms. The Kier molecular flexibility index (Phi) is 5.67. The lowest BCUT2D eigenvalue weighted by Crippen LogP contribution is -2.53.